The minimum atomic E-state index is -3.59. The van der Waals surface area contributed by atoms with E-state index in [-0.39, 0.29) is 5.75 Å². The Morgan fingerprint density at radius 2 is 2.06 bits per heavy atom. The summed E-state index contributed by atoms with van der Waals surface area (Å²) >= 11 is 0. The van der Waals surface area contributed by atoms with Crippen molar-refractivity contribution in [3.05, 3.63) is 23.0 Å². The van der Waals surface area contributed by atoms with Crippen LogP contribution in [-0.2, 0) is 25.1 Å². The van der Waals surface area contributed by atoms with E-state index in [1.807, 2.05) is 0 Å². The van der Waals surface area contributed by atoms with Gasteiger partial charge in [0.1, 0.15) is 5.75 Å². The quantitative estimate of drug-likeness (QED) is 0.795. The lowest BCUT2D eigenvalue weighted by Crippen LogP contribution is -2.20. The first-order valence-electron chi connectivity index (χ1n) is 5.24. The Bertz CT molecular complexity index is 567. The molecule has 1 aromatic heterocycles. The molecule has 0 amide bonds. The lowest BCUT2D eigenvalue weighted by molar-refractivity contribution is -0.137. The smallest absolute Gasteiger partial charge is 0.320 e. The van der Waals surface area contributed by atoms with E-state index in [0.29, 0.717) is 16.9 Å². The summed E-state index contributed by atoms with van der Waals surface area (Å²) in [5.74, 6) is -1.76. The SMILES string of the molecule is COC(=O)CS(=O)(=O)Cc1ncc(C)c(N)c1C. The van der Waals surface area contributed by atoms with Crippen LogP contribution in [0.2, 0.25) is 0 Å². The Morgan fingerprint density at radius 1 is 1.44 bits per heavy atom. The summed E-state index contributed by atoms with van der Waals surface area (Å²) < 4.78 is 27.8. The first kappa shape index (κ1) is 14.4. The van der Waals surface area contributed by atoms with Crippen molar-refractivity contribution in [3.63, 3.8) is 0 Å². The zero-order valence-electron chi connectivity index (χ0n) is 10.6. The molecule has 18 heavy (non-hydrogen) atoms. The fourth-order valence-corrected chi connectivity index (χ4v) is 2.72. The number of hydrogen-bond donors (Lipinski definition) is 1. The molecular formula is C11H16N2O4S. The van der Waals surface area contributed by atoms with Crippen molar-refractivity contribution in [3.8, 4) is 0 Å². The molecule has 0 radical (unpaired) electrons. The fourth-order valence-electron chi connectivity index (χ4n) is 1.44. The van der Waals surface area contributed by atoms with Gasteiger partial charge >= 0.3 is 5.97 Å². The number of ether oxygens (including phenoxy) is 1. The molecule has 0 fully saturated rings. The number of anilines is 1. The highest BCUT2D eigenvalue weighted by Crippen LogP contribution is 2.19. The fraction of sp³-hybridized carbons (Fsp3) is 0.455. The number of pyridine rings is 1. The van der Waals surface area contributed by atoms with Crippen LogP contribution >= 0.6 is 0 Å². The number of nitrogens with two attached hydrogens (primary N) is 1. The second-order valence-corrected chi connectivity index (χ2v) is 6.10. The van der Waals surface area contributed by atoms with E-state index < -0.39 is 21.6 Å². The van der Waals surface area contributed by atoms with E-state index in [0.717, 1.165) is 12.7 Å². The van der Waals surface area contributed by atoms with Crippen molar-refractivity contribution in [2.45, 2.75) is 19.6 Å². The summed E-state index contributed by atoms with van der Waals surface area (Å²) in [4.78, 5) is 15.0. The number of rotatable bonds is 4. The van der Waals surface area contributed by atoms with Crippen LogP contribution in [0.1, 0.15) is 16.8 Å². The van der Waals surface area contributed by atoms with Crippen LogP contribution in [0.3, 0.4) is 0 Å². The number of sulfone groups is 1. The third-order valence-electron chi connectivity index (χ3n) is 2.60. The number of carbonyl (C=O) groups is 1. The third kappa shape index (κ3) is 3.43. The first-order valence-corrected chi connectivity index (χ1v) is 7.06. The van der Waals surface area contributed by atoms with Gasteiger partial charge in [-0.05, 0) is 25.0 Å². The highest BCUT2D eigenvalue weighted by molar-refractivity contribution is 7.91. The number of aryl methyl sites for hydroxylation is 1. The van der Waals surface area contributed by atoms with Crippen LogP contribution in [0.15, 0.2) is 6.20 Å². The molecule has 0 unspecified atom stereocenters. The van der Waals surface area contributed by atoms with Gasteiger partial charge in [-0.1, -0.05) is 0 Å². The van der Waals surface area contributed by atoms with Gasteiger partial charge in [0.25, 0.3) is 0 Å². The number of methoxy groups -OCH3 is 1. The maximum absolute atomic E-state index is 11.7. The van der Waals surface area contributed by atoms with Crippen molar-refractivity contribution in [2.75, 3.05) is 18.6 Å². The molecule has 0 saturated heterocycles. The number of nitrogens with zero attached hydrogens (tertiary/aromatic N) is 1. The van der Waals surface area contributed by atoms with E-state index in [2.05, 4.69) is 9.72 Å². The second kappa shape index (κ2) is 5.34. The normalized spacial score (nSPS) is 11.3. The second-order valence-electron chi connectivity index (χ2n) is 4.03. The van der Waals surface area contributed by atoms with E-state index >= 15 is 0 Å². The Kier molecular flexibility index (Phi) is 4.28. The third-order valence-corrected chi connectivity index (χ3v) is 3.99. The summed E-state index contributed by atoms with van der Waals surface area (Å²) in [5, 5.41) is 0. The predicted octanol–water partition coefficient (Wildman–Crippen LogP) is 0.368. The molecule has 6 nitrogen and oxygen atoms in total. The van der Waals surface area contributed by atoms with Crippen molar-refractivity contribution in [1.82, 2.24) is 4.98 Å². The highest BCUT2D eigenvalue weighted by atomic mass is 32.2. The molecule has 2 N–H and O–H groups in total. The number of nitrogen functional groups attached to an aromatic ring is 1. The van der Waals surface area contributed by atoms with Crippen molar-refractivity contribution in [1.29, 1.82) is 0 Å². The van der Waals surface area contributed by atoms with Crippen LogP contribution in [0.4, 0.5) is 5.69 Å². The van der Waals surface area contributed by atoms with Gasteiger partial charge in [-0.25, -0.2) is 8.42 Å². The average molecular weight is 272 g/mol. The van der Waals surface area contributed by atoms with Gasteiger partial charge in [0.15, 0.2) is 9.84 Å². The zero-order valence-corrected chi connectivity index (χ0v) is 11.4. The van der Waals surface area contributed by atoms with Crippen molar-refractivity contribution >= 4 is 21.5 Å². The molecule has 100 valence electrons. The molecule has 0 bridgehead atoms. The van der Waals surface area contributed by atoms with E-state index in [4.69, 9.17) is 5.73 Å². The van der Waals surface area contributed by atoms with Crippen LogP contribution in [0.25, 0.3) is 0 Å². The van der Waals surface area contributed by atoms with Crippen LogP contribution in [-0.4, -0.2) is 32.2 Å². The molecule has 0 aliphatic carbocycles. The number of carbonyl (C=O) groups excluding carboxylic acids is 1. The van der Waals surface area contributed by atoms with Crippen LogP contribution in [0, 0.1) is 13.8 Å². The molecule has 0 saturated carbocycles. The number of aromatic nitrogens is 1. The summed E-state index contributed by atoms with van der Waals surface area (Å²) in [6.07, 6.45) is 1.52. The Morgan fingerprint density at radius 3 is 2.61 bits per heavy atom. The Hall–Kier alpha value is -1.63. The molecule has 1 aromatic rings. The van der Waals surface area contributed by atoms with Gasteiger partial charge in [-0.2, -0.15) is 0 Å². The Balaban J connectivity index is 2.98. The highest BCUT2D eigenvalue weighted by Gasteiger charge is 2.20. The molecule has 1 heterocycles. The molecule has 1 rings (SSSR count). The van der Waals surface area contributed by atoms with Crippen LogP contribution in [0.5, 0.6) is 0 Å². The monoisotopic (exact) mass is 272 g/mol. The van der Waals surface area contributed by atoms with Gasteiger partial charge in [0.2, 0.25) is 0 Å². The number of esters is 1. The molecule has 0 aliphatic heterocycles. The summed E-state index contributed by atoms with van der Waals surface area (Å²) in [7, 11) is -2.45. The van der Waals surface area contributed by atoms with Gasteiger partial charge in [0, 0.05) is 11.9 Å². The molecule has 7 heteroatoms. The van der Waals surface area contributed by atoms with E-state index in [1.165, 1.54) is 6.20 Å². The van der Waals surface area contributed by atoms with E-state index in [9.17, 15) is 13.2 Å². The molecule has 0 aliphatic rings. The van der Waals surface area contributed by atoms with Crippen molar-refractivity contribution < 1.29 is 17.9 Å². The average Bonchev–Trinajstić information content (AvgIpc) is 2.29. The summed E-state index contributed by atoms with van der Waals surface area (Å²) in [6.45, 7) is 3.50. The molecule has 0 spiro atoms. The van der Waals surface area contributed by atoms with Crippen LogP contribution < -0.4 is 5.73 Å². The van der Waals surface area contributed by atoms with Gasteiger partial charge in [-0.15, -0.1) is 0 Å². The van der Waals surface area contributed by atoms with Crippen molar-refractivity contribution in [2.24, 2.45) is 0 Å². The number of hydrogen-bond acceptors (Lipinski definition) is 6. The van der Waals surface area contributed by atoms with E-state index in [1.54, 1.807) is 13.8 Å². The topological polar surface area (TPSA) is 99.4 Å². The maximum Gasteiger partial charge on any atom is 0.320 e. The first-order chi connectivity index (χ1) is 8.26. The maximum atomic E-state index is 11.7. The predicted molar refractivity (Wildman–Crippen MR) is 67.6 cm³/mol. The molecule has 0 atom stereocenters. The molecule has 0 aromatic carbocycles. The lowest BCUT2D eigenvalue weighted by Gasteiger charge is -2.10. The zero-order chi connectivity index (χ0) is 13.9. The minimum absolute atomic E-state index is 0.321. The summed E-state index contributed by atoms with van der Waals surface area (Å²) in [5.41, 5.74) is 8.11. The molecular weight excluding hydrogens is 256 g/mol. The van der Waals surface area contributed by atoms with Gasteiger partial charge < -0.3 is 10.5 Å². The minimum Gasteiger partial charge on any atom is -0.468 e. The largest absolute Gasteiger partial charge is 0.468 e. The standard InChI is InChI=1S/C11H16N2O4S/c1-7-4-13-9(8(2)11(7)12)5-18(15,16)6-10(14)17-3/h4H,5-6H2,1-3H3,(H2,12,13). The Labute approximate surface area is 106 Å². The van der Waals surface area contributed by atoms with Gasteiger partial charge in [-0.3, -0.25) is 9.78 Å². The summed E-state index contributed by atoms with van der Waals surface area (Å²) in [6, 6.07) is 0. The lowest BCUT2D eigenvalue weighted by atomic mass is 10.1. The van der Waals surface area contributed by atoms with Gasteiger partial charge in [0.05, 0.1) is 18.6 Å².